The Hall–Kier alpha value is -3.24. The number of carbonyl (C=O) groups is 2. The van der Waals surface area contributed by atoms with Crippen molar-refractivity contribution in [3.05, 3.63) is 101 Å². The van der Waals surface area contributed by atoms with Gasteiger partial charge in [-0.1, -0.05) is 65.7 Å². The number of halogens is 1. The zero-order valence-electron chi connectivity index (χ0n) is 23.4. The van der Waals surface area contributed by atoms with Crippen LogP contribution in [0, 0.1) is 6.92 Å². The van der Waals surface area contributed by atoms with E-state index in [1.54, 1.807) is 52.3 Å². The zero-order chi connectivity index (χ0) is 29.4. The SMILES string of the molecule is COCCN(CC(=O)N(Cc1ccc(C)cc1)C1CCN(C(=O)c2cccc(Cl)c2)CC1)S(=O)(=O)c1ccccc1. The van der Waals surface area contributed by atoms with Crippen LogP contribution in [0.4, 0.5) is 0 Å². The van der Waals surface area contributed by atoms with Gasteiger partial charge in [0, 0.05) is 49.9 Å². The number of hydrogen-bond acceptors (Lipinski definition) is 5. The predicted octanol–water partition coefficient (Wildman–Crippen LogP) is 4.62. The van der Waals surface area contributed by atoms with Crippen molar-refractivity contribution in [3.63, 3.8) is 0 Å². The van der Waals surface area contributed by atoms with Crippen LogP contribution >= 0.6 is 11.6 Å². The molecule has 0 saturated carbocycles. The number of sulfonamides is 1. The van der Waals surface area contributed by atoms with Gasteiger partial charge in [0.15, 0.2) is 0 Å². The normalized spacial score (nSPS) is 14.3. The molecule has 0 unspecified atom stereocenters. The lowest BCUT2D eigenvalue weighted by Gasteiger charge is -2.39. The monoisotopic (exact) mass is 597 g/mol. The molecule has 0 spiro atoms. The number of carbonyl (C=O) groups excluding carboxylic acids is 2. The summed E-state index contributed by atoms with van der Waals surface area (Å²) in [4.78, 5) is 30.7. The minimum Gasteiger partial charge on any atom is -0.383 e. The summed E-state index contributed by atoms with van der Waals surface area (Å²) in [6.07, 6.45) is 1.15. The molecule has 3 aromatic rings. The van der Waals surface area contributed by atoms with E-state index in [-0.39, 0.29) is 42.4 Å². The topological polar surface area (TPSA) is 87.2 Å². The molecule has 1 aliphatic rings. The van der Waals surface area contributed by atoms with Gasteiger partial charge in [0.2, 0.25) is 15.9 Å². The summed E-state index contributed by atoms with van der Waals surface area (Å²) < 4.78 is 33.3. The van der Waals surface area contributed by atoms with Gasteiger partial charge < -0.3 is 14.5 Å². The van der Waals surface area contributed by atoms with Gasteiger partial charge in [0.05, 0.1) is 18.0 Å². The maximum atomic E-state index is 13.9. The fraction of sp³-hybridized carbons (Fsp3) is 0.355. The van der Waals surface area contributed by atoms with Gasteiger partial charge in [-0.15, -0.1) is 0 Å². The molecule has 0 radical (unpaired) electrons. The first-order valence-corrected chi connectivity index (χ1v) is 15.4. The molecule has 8 nitrogen and oxygen atoms in total. The molecule has 1 fully saturated rings. The van der Waals surface area contributed by atoms with E-state index in [2.05, 4.69) is 0 Å². The number of hydrogen-bond donors (Lipinski definition) is 0. The molecule has 4 rings (SSSR count). The summed E-state index contributed by atoms with van der Waals surface area (Å²) in [6, 6.07) is 22.8. The molecular formula is C31H36ClN3O5S. The first-order valence-electron chi connectivity index (χ1n) is 13.6. The lowest BCUT2D eigenvalue weighted by atomic mass is 10.0. The number of ether oxygens (including phenoxy) is 1. The minimum atomic E-state index is -3.92. The maximum Gasteiger partial charge on any atom is 0.253 e. The highest BCUT2D eigenvalue weighted by Crippen LogP contribution is 2.23. The Kier molecular flexibility index (Phi) is 10.6. The lowest BCUT2D eigenvalue weighted by Crippen LogP contribution is -2.51. The Bertz CT molecular complexity index is 1430. The molecule has 0 bridgehead atoms. The number of likely N-dealkylation sites (tertiary alicyclic amines) is 1. The fourth-order valence-corrected chi connectivity index (χ4v) is 6.54. The van der Waals surface area contributed by atoms with Gasteiger partial charge in [-0.3, -0.25) is 9.59 Å². The number of piperidine rings is 1. The van der Waals surface area contributed by atoms with E-state index in [9.17, 15) is 18.0 Å². The largest absolute Gasteiger partial charge is 0.383 e. The Balaban J connectivity index is 1.54. The van der Waals surface area contributed by atoms with Crippen LogP contribution in [0.25, 0.3) is 0 Å². The van der Waals surface area contributed by atoms with Crippen molar-refractivity contribution in [2.45, 2.75) is 37.2 Å². The van der Waals surface area contributed by atoms with Crippen molar-refractivity contribution in [1.29, 1.82) is 0 Å². The van der Waals surface area contributed by atoms with E-state index in [4.69, 9.17) is 16.3 Å². The minimum absolute atomic E-state index is 0.0461. The van der Waals surface area contributed by atoms with Crippen LogP contribution in [0.5, 0.6) is 0 Å². The van der Waals surface area contributed by atoms with E-state index in [1.165, 1.54) is 23.5 Å². The Morgan fingerprint density at radius 1 is 0.976 bits per heavy atom. The molecule has 1 aliphatic heterocycles. The predicted molar refractivity (Wildman–Crippen MR) is 159 cm³/mol. The van der Waals surface area contributed by atoms with Crippen molar-refractivity contribution in [2.24, 2.45) is 0 Å². The number of amides is 2. The second-order valence-corrected chi connectivity index (χ2v) is 12.6. The third-order valence-electron chi connectivity index (χ3n) is 7.30. The molecule has 3 aromatic carbocycles. The van der Waals surface area contributed by atoms with Crippen LogP contribution < -0.4 is 0 Å². The molecule has 10 heteroatoms. The van der Waals surface area contributed by atoms with E-state index in [0.717, 1.165) is 11.1 Å². The number of rotatable bonds is 11. The summed E-state index contributed by atoms with van der Waals surface area (Å²) in [5.74, 6) is -0.386. The molecule has 218 valence electrons. The highest BCUT2D eigenvalue weighted by atomic mass is 35.5. The van der Waals surface area contributed by atoms with E-state index in [0.29, 0.717) is 43.1 Å². The molecular weight excluding hydrogens is 562 g/mol. The second-order valence-electron chi connectivity index (χ2n) is 10.2. The van der Waals surface area contributed by atoms with Crippen LogP contribution in [0.2, 0.25) is 5.02 Å². The second kappa shape index (κ2) is 14.1. The molecule has 0 aromatic heterocycles. The average Bonchev–Trinajstić information content (AvgIpc) is 2.99. The standard InChI is InChI=1S/C31H36ClN3O5S/c1-24-11-13-25(14-12-24)22-35(28-15-17-33(18-16-28)31(37)26-7-6-8-27(32)21-26)30(36)23-34(19-20-40-2)41(38,39)29-9-4-3-5-10-29/h3-14,21,28H,15-20,22-23H2,1-2H3. The van der Waals surface area contributed by atoms with Crippen molar-refractivity contribution in [2.75, 3.05) is 39.9 Å². The third-order valence-corrected chi connectivity index (χ3v) is 9.39. The Morgan fingerprint density at radius 2 is 1.66 bits per heavy atom. The van der Waals surface area contributed by atoms with Crippen molar-refractivity contribution in [3.8, 4) is 0 Å². The number of aryl methyl sites for hydroxylation is 1. The third kappa shape index (κ3) is 7.95. The van der Waals surface area contributed by atoms with Gasteiger partial charge in [-0.2, -0.15) is 4.31 Å². The van der Waals surface area contributed by atoms with E-state index in [1.807, 2.05) is 31.2 Å². The van der Waals surface area contributed by atoms with Gasteiger partial charge in [0.1, 0.15) is 0 Å². The van der Waals surface area contributed by atoms with Gasteiger partial charge in [-0.25, -0.2) is 8.42 Å². The lowest BCUT2D eigenvalue weighted by molar-refractivity contribution is -0.135. The first kappa shape index (κ1) is 30.7. The highest BCUT2D eigenvalue weighted by Gasteiger charge is 2.33. The summed E-state index contributed by atoms with van der Waals surface area (Å²) in [5, 5.41) is 0.504. The molecule has 0 N–H and O–H groups in total. The van der Waals surface area contributed by atoms with Crippen molar-refractivity contribution in [1.82, 2.24) is 14.1 Å². The molecule has 1 heterocycles. The Labute approximate surface area is 247 Å². The first-order chi connectivity index (χ1) is 19.7. The quantitative estimate of drug-likeness (QED) is 0.322. The van der Waals surface area contributed by atoms with Crippen molar-refractivity contribution < 1.29 is 22.7 Å². The van der Waals surface area contributed by atoms with Crippen LogP contribution in [-0.4, -0.2) is 80.3 Å². The summed E-state index contributed by atoms with van der Waals surface area (Å²) >= 11 is 6.09. The highest BCUT2D eigenvalue weighted by molar-refractivity contribution is 7.89. The summed E-state index contributed by atoms with van der Waals surface area (Å²) in [5.41, 5.74) is 2.60. The van der Waals surface area contributed by atoms with Crippen LogP contribution in [0.1, 0.15) is 34.3 Å². The van der Waals surface area contributed by atoms with Gasteiger partial charge in [0.25, 0.3) is 5.91 Å². The molecule has 1 saturated heterocycles. The maximum absolute atomic E-state index is 13.9. The van der Waals surface area contributed by atoms with Crippen LogP contribution in [0.3, 0.4) is 0 Å². The number of methoxy groups -OCH3 is 1. The van der Waals surface area contributed by atoms with E-state index < -0.39 is 10.0 Å². The van der Waals surface area contributed by atoms with Crippen LogP contribution in [-0.2, 0) is 26.1 Å². The summed E-state index contributed by atoms with van der Waals surface area (Å²) in [7, 11) is -2.43. The molecule has 0 aliphatic carbocycles. The van der Waals surface area contributed by atoms with Crippen LogP contribution in [0.15, 0.2) is 83.8 Å². The average molecular weight is 598 g/mol. The number of benzene rings is 3. The number of nitrogens with zero attached hydrogens (tertiary/aromatic N) is 3. The smallest absolute Gasteiger partial charge is 0.253 e. The summed E-state index contributed by atoms with van der Waals surface area (Å²) in [6.45, 7) is 3.18. The molecule has 41 heavy (non-hydrogen) atoms. The van der Waals surface area contributed by atoms with Crippen molar-refractivity contribution >= 4 is 33.4 Å². The van der Waals surface area contributed by atoms with Gasteiger partial charge in [-0.05, 0) is 55.7 Å². The fourth-order valence-electron chi connectivity index (χ4n) is 4.96. The Morgan fingerprint density at radius 3 is 2.29 bits per heavy atom. The van der Waals surface area contributed by atoms with Gasteiger partial charge >= 0.3 is 0 Å². The molecule has 0 atom stereocenters. The zero-order valence-corrected chi connectivity index (χ0v) is 25.0. The van der Waals surface area contributed by atoms with E-state index >= 15 is 0 Å². The molecule has 2 amide bonds.